The van der Waals surface area contributed by atoms with Crippen LogP contribution in [0.4, 0.5) is 22.8 Å². The molecule has 0 saturated carbocycles. The fraction of sp³-hybridized carbons (Fsp3) is 0.615. The lowest BCUT2D eigenvalue weighted by Gasteiger charge is -2.40. The lowest BCUT2D eigenvalue weighted by Crippen LogP contribution is -2.52. The van der Waals surface area contributed by atoms with Crippen molar-refractivity contribution in [1.29, 1.82) is 0 Å². The Morgan fingerprint density at radius 2 is 1.72 bits per heavy atom. The minimum atomic E-state index is -4.44. The molecule has 2 aliphatic heterocycles. The number of urea groups is 1. The topological polar surface area (TPSA) is 124 Å². The number of nitrogens with two attached hydrogens (primary N) is 1. The molecule has 2 aliphatic rings. The third-order valence-electron chi connectivity index (χ3n) is 6.87. The number of hydrogen-bond donors (Lipinski definition) is 1. The molecule has 2 fully saturated rings. The molecule has 4 rings (SSSR count). The summed E-state index contributed by atoms with van der Waals surface area (Å²) in [5.74, 6) is -0.197. The molecule has 0 spiro atoms. The minimum absolute atomic E-state index is 0.0986. The molecule has 2 saturated heterocycles. The lowest BCUT2D eigenvalue weighted by atomic mass is 9.84. The fourth-order valence-corrected chi connectivity index (χ4v) is 5.00. The second-order valence-corrected chi connectivity index (χ2v) is 11.2. The monoisotopic (exact) mass is 553 g/mol. The SMILES string of the molecule is CC(C)(C)C[C@H](OC(N)=O)c1nc(C2CC(c3ccc(C(F)(F)F)cc3)CN(C(=O)N3CCOCC3)C2)no1. The number of alkyl halides is 3. The molecule has 0 radical (unpaired) electrons. The van der Waals surface area contributed by atoms with Gasteiger partial charge in [-0.05, 0) is 36.0 Å². The van der Waals surface area contributed by atoms with Crippen molar-refractivity contribution in [3.8, 4) is 0 Å². The van der Waals surface area contributed by atoms with Crippen molar-refractivity contribution in [2.75, 3.05) is 39.4 Å². The van der Waals surface area contributed by atoms with Crippen LogP contribution in [0.25, 0.3) is 0 Å². The second kappa shape index (κ2) is 11.4. The maximum absolute atomic E-state index is 13.4. The van der Waals surface area contributed by atoms with Gasteiger partial charge in [0.05, 0.1) is 18.8 Å². The zero-order valence-electron chi connectivity index (χ0n) is 22.2. The van der Waals surface area contributed by atoms with Crippen LogP contribution in [0, 0.1) is 5.41 Å². The van der Waals surface area contributed by atoms with E-state index in [0.717, 1.165) is 12.1 Å². The number of aromatic nitrogens is 2. The van der Waals surface area contributed by atoms with E-state index in [-0.39, 0.29) is 29.2 Å². The number of ether oxygens (including phenoxy) is 2. The summed E-state index contributed by atoms with van der Waals surface area (Å²) in [5, 5.41) is 4.14. The predicted molar refractivity (Wildman–Crippen MR) is 133 cm³/mol. The first-order chi connectivity index (χ1) is 18.3. The van der Waals surface area contributed by atoms with Crippen molar-refractivity contribution >= 4 is 12.1 Å². The van der Waals surface area contributed by atoms with Crippen LogP contribution in [0.3, 0.4) is 0 Å². The summed E-state index contributed by atoms with van der Waals surface area (Å²) in [7, 11) is 0. The summed E-state index contributed by atoms with van der Waals surface area (Å²) in [6.45, 7) is 8.31. The summed E-state index contributed by atoms with van der Waals surface area (Å²) in [4.78, 5) is 32.8. The molecule has 0 aliphatic carbocycles. The Kier molecular flexibility index (Phi) is 8.38. The van der Waals surface area contributed by atoms with Crippen LogP contribution >= 0.6 is 0 Å². The van der Waals surface area contributed by atoms with E-state index in [1.165, 1.54) is 12.1 Å². The zero-order valence-corrected chi connectivity index (χ0v) is 22.2. The molecule has 2 unspecified atom stereocenters. The molecule has 13 heteroatoms. The summed E-state index contributed by atoms with van der Waals surface area (Å²) in [6.07, 6.45) is -5.38. The van der Waals surface area contributed by atoms with Crippen LogP contribution in [0.2, 0.25) is 0 Å². The number of piperidine rings is 1. The third-order valence-corrected chi connectivity index (χ3v) is 6.87. The van der Waals surface area contributed by atoms with Gasteiger partial charge in [-0.25, -0.2) is 9.59 Å². The average Bonchev–Trinajstić information content (AvgIpc) is 3.37. The van der Waals surface area contributed by atoms with Crippen molar-refractivity contribution in [2.24, 2.45) is 11.1 Å². The highest BCUT2D eigenvalue weighted by molar-refractivity contribution is 5.75. The Morgan fingerprint density at radius 1 is 1.08 bits per heavy atom. The van der Waals surface area contributed by atoms with E-state index >= 15 is 0 Å². The number of halogens is 3. The molecule has 3 heterocycles. The highest BCUT2D eigenvalue weighted by Gasteiger charge is 2.38. The number of amides is 3. The van der Waals surface area contributed by atoms with E-state index in [4.69, 9.17) is 19.7 Å². The van der Waals surface area contributed by atoms with Crippen LogP contribution in [-0.2, 0) is 15.7 Å². The van der Waals surface area contributed by atoms with Gasteiger partial charge in [0.1, 0.15) is 0 Å². The molecule has 214 valence electrons. The number of likely N-dealkylation sites (tertiary alicyclic amines) is 1. The summed E-state index contributed by atoms with van der Waals surface area (Å²) >= 11 is 0. The fourth-order valence-electron chi connectivity index (χ4n) is 5.00. The lowest BCUT2D eigenvalue weighted by molar-refractivity contribution is -0.137. The van der Waals surface area contributed by atoms with Gasteiger partial charge in [-0.3, -0.25) is 0 Å². The van der Waals surface area contributed by atoms with Crippen LogP contribution in [0.15, 0.2) is 28.8 Å². The molecule has 10 nitrogen and oxygen atoms in total. The van der Waals surface area contributed by atoms with Gasteiger partial charge in [-0.2, -0.15) is 18.2 Å². The first-order valence-corrected chi connectivity index (χ1v) is 12.9. The van der Waals surface area contributed by atoms with E-state index < -0.39 is 23.9 Å². The average molecular weight is 554 g/mol. The molecular formula is C26H34F3N5O5. The number of benzene rings is 1. The van der Waals surface area contributed by atoms with Crippen molar-refractivity contribution in [2.45, 2.75) is 57.7 Å². The van der Waals surface area contributed by atoms with Crippen molar-refractivity contribution in [1.82, 2.24) is 19.9 Å². The van der Waals surface area contributed by atoms with Gasteiger partial charge in [0.15, 0.2) is 11.9 Å². The molecule has 1 aromatic carbocycles. The molecule has 1 aromatic heterocycles. The first kappa shape index (κ1) is 28.7. The van der Waals surface area contributed by atoms with Crippen LogP contribution in [0.1, 0.15) is 74.4 Å². The highest BCUT2D eigenvalue weighted by atomic mass is 19.4. The van der Waals surface area contributed by atoms with E-state index in [0.29, 0.717) is 63.6 Å². The first-order valence-electron chi connectivity index (χ1n) is 12.9. The van der Waals surface area contributed by atoms with E-state index in [2.05, 4.69) is 10.1 Å². The van der Waals surface area contributed by atoms with E-state index in [9.17, 15) is 22.8 Å². The number of carbonyl (C=O) groups excluding carboxylic acids is 2. The Bertz CT molecular complexity index is 1140. The Balaban J connectivity index is 1.60. The standard InChI is InChI=1S/C26H34F3N5O5/c1-25(2,3)13-20(38-23(30)35)22-31-21(32-39-22)18-12-17(16-4-6-19(7-5-16)26(27,28)29)14-34(15-18)24(36)33-8-10-37-11-9-33/h4-7,17-18,20H,8-15H2,1-3H3,(H2,30,35)/t17?,18?,20-/m0/s1. The molecular weight excluding hydrogens is 519 g/mol. The van der Waals surface area contributed by atoms with Gasteiger partial charge in [-0.15, -0.1) is 0 Å². The quantitative estimate of drug-likeness (QED) is 0.570. The Morgan fingerprint density at radius 3 is 2.31 bits per heavy atom. The molecule has 3 atom stereocenters. The number of primary amides is 1. The number of nitrogens with zero attached hydrogens (tertiary/aromatic N) is 4. The largest absolute Gasteiger partial charge is 0.436 e. The summed E-state index contributed by atoms with van der Waals surface area (Å²) < 4.78 is 55.5. The van der Waals surface area contributed by atoms with Crippen LogP contribution in [-0.4, -0.2) is 71.5 Å². The number of morpholine rings is 1. The highest BCUT2D eigenvalue weighted by Crippen LogP contribution is 2.38. The van der Waals surface area contributed by atoms with Crippen molar-refractivity contribution in [3.05, 3.63) is 47.1 Å². The van der Waals surface area contributed by atoms with Gasteiger partial charge in [0.2, 0.25) is 0 Å². The summed E-state index contributed by atoms with van der Waals surface area (Å²) in [5.41, 5.74) is 4.97. The molecule has 2 N–H and O–H groups in total. The normalized spacial score (nSPS) is 21.5. The minimum Gasteiger partial charge on any atom is -0.436 e. The van der Waals surface area contributed by atoms with Gasteiger partial charge >= 0.3 is 18.3 Å². The Hall–Kier alpha value is -3.35. The van der Waals surface area contributed by atoms with Crippen LogP contribution in [0.5, 0.6) is 0 Å². The predicted octanol–water partition coefficient (Wildman–Crippen LogP) is 4.69. The van der Waals surface area contributed by atoms with Gasteiger partial charge in [0.25, 0.3) is 5.89 Å². The maximum Gasteiger partial charge on any atom is 0.416 e. The number of hydrogen-bond acceptors (Lipinski definition) is 7. The zero-order chi connectivity index (χ0) is 28.4. The number of rotatable bonds is 5. The van der Waals surface area contributed by atoms with Crippen molar-refractivity contribution in [3.63, 3.8) is 0 Å². The van der Waals surface area contributed by atoms with Gasteiger partial charge < -0.3 is 29.5 Å². The molecule has 3 amide bonds. The van der Waals surface area contributed by atoms with Gasteiger partial charge in [0, 0.05) is 38.0 Å². The third kappa shape index (κ3) is 7.40. The van der Waals surface area contributed by atoms with E-state index in [1.807, 2.05) is 20.8 Å². The van der Waals surface area contributed by atoms with Crippen LogP contribution < -0.4 is 5.73 Å². The number of carbonyl (C=O) groups is 2. The summed E-state index contributed by atoms with van der Waals surface area (Å²) in [6, 6.07) is 4.84. The van der Waals surface area contributed by atoms with Crippen molar-refractivity contribution < 1.29 is 36.8 Å². The van der Waals surface area contributed by atoms with Gasteiger partial charge in [-0.1, -0.05) is 38.1 Å². The van der Waals surface area contributed by atoms with E-state index in [1.54, 1.807) is 9.80 Å². The molecule has 0 bridgehead atoms. The molecule has 39 heavy (non-hydrogen) atoms. The smallest absolute Gasteiger partial charge is 0.416 e. The Labute approximate surface area is 224 Å². The maximum atomic E-state index is 13.4. The second-order valence-electron chi connectivity index (χ2n) is 11.2. The molecule has 2 aromatic rings.